The van der Waals surface area contributed by atoms with Gasteiger partial charge in [0.25, 0.3) is 10.0 Å². The van der Waals surface area contributed by atoms with Crippen LogP contribution >= 0.6 is 0 Å². The van der Waals surface area contributed by atoms with Crippen molar-refractivity contribution in [2.45, 2.75) is 38.5 Å². The summed E-state index contributed by atoms with van der Waals surface area (Å²) < 4.78 is 30.2. The van der Waals surface area contributed by atoms with Crippen LogP contribution in [0.5, 0.6) is 0 Å². The third-order valence-electron chi connectivity index (χ3n) is 4.96. The first-order chi connectivity index (χ1) is 12.8. The van der Waals surface area contributed by atoms with Gasteiger partial charge in [0.05, 0.1) is 4.90 Å². The molecule has 0 aliphatic rings. The summed E-state index contributed by atoms with van der Waals surface area (Å²) >= 11 is 0. The van der Waals surface area contributed by atoms with Crippen molar-refractivity contribution in [3.63, 3.8) is 0 Å². The van der Waals surface area contributed by atoms with Crippen LogP contribution in [0.4, 0.5) is 0 Å². The van der Waals surface area contributed by atoms with Crippen molar-refractivity contribution >= 4 is 26.5 Å². The van der Waals surface area contributed by atoms with Gasteiger partial charge in [-0.3, -0.25) is 4.72 Å². The van der Waals surface area contributed by atoms with Crippen LogP contribution in [0.1, 0.15) is 36.6 Å². The molecule has 2 aromatic carbocycles. The first-order valence-corrected chi connectivity index (χ1v) is 10.7. The van der Waals surface area contributed by atoms with Crippen LogP contribution in [0.25, 0.3) is 16.5 Å². The minimum Gasteiger partial charge on any atom is -0.347 e. The van der Waals surface area contributed by atoms with E-state index in [0.717, 1.165) is 46.1 Å². The van der Waals surface area contributed by atoms with Crippen molar-refractivity contribution in [1.82, 2.24) is 9.29 Å². The first kappa shape index (κ1) is 19.2. The second-order valence-electron chi connectivity index (χ2n) is 6.89. The Hall–Kier alpha value is -2.53. The van der Waals surface area contributed by atoms with Gasteiger partial charge in [-0.1, -0.05) is 49.2 Å². The quantitative estimate of drug-likeness (QED) is 0.658. The predicted octanol–water partition coefficient (Wildman–Crippen LogP) is 4.91. The molecular weight excluding hydrogens is 356 g/mol. The number of aromatic nitrogens is 1. The zero-order valence-corrected chi connectivity index (χ0v) is 17.1. The molecule has 0 saturated carbocycles. The van der Waals surface area contributed by atoms with Gasteiger partial charge in [0.1, 0.15) is 0 Å². The first-order valence-electron chi connectivity index (χ1n) is 9.17. The molecular formula is C22H26N2O2S. The summed E-state index contributed by atoms with van der Waals surface area (Å²) in [5.74, 6) is 0. The van der Waals surface area contributed by atoms with E-state index in [0.29, 0.717) is 0 Å². The van der Waals surface area contributed by atoms with Gasteiger partial charge in [-0.15, -0.1) is 0 Å². The highest BCUT2D eigenvalue weighted by atomic mass is 32.2. The summed E-state index contributed by atoms with van der Waals surface area (Å²) in [5.41, 5.74) is 5.42. The molecule has 4 nitrogen and oxygen atoms in total. The molecule has 0 saturated heterocycles. The summed E-state index contributed by atoms with van der Waals surface area (Å²) in [6, 6.07) is 15.1. The van der Waals surface area contributed by atoms with Crippen LogP contribution in [0.15, 0.2) is 59.6 Å². The van der Waals surface area contributed by atoms with E-state index in [1.54, 1.807) is 30.5 Å². The fraction of sp³-hybridized carbons (Fsp3) is 0.273. The van der Waals surface area contributed by atoms with E-state index in [4.69, 9.17) is 0 Å². The second-order valence-corrected chi connectivity index (χ2v) is 8.60. The maximum atomic E-state index is 12.7. The Bertz CT molecular complexity index is 1090. The maximum absolute atomic E-state index is 12.7. The van der Waals surface area contributed by atoms with Crippen molar-refractivity contribution in [2.75, 3.05) is 0 Å². The molecule has 1 N–H and O–H groups in total. The lowest BCUT2D eigenvalue weighted by atomic mass is 9.99. The monoisotopic (exact) mass is 382 g/mol. The lowest BCUT2D eigenvalue weighted by Gasteiger charge is -2.10. The van der Waals surface area contributed by atoms with Gasteiger partial charge in [-0.2, -0.15) is 0 Å². The molecule has 0 aliphatic heterocycles. The van der Waals surface area contributed by atoms with Crippen molar-refractivity contribution in [1.29, 1.82) is 0 Å². The van der Waals surface area contributed by atoms with Crippen LogP contribution in [-0.4, -0.2) is 13.0 Å². The fourth-order valence-electron chi connectivity index (χ4n) is 3.40. The van der Waals surface area contributed by atoms with E-state index in [1.807, 2.05) is 26.1 Å². The van der Waals surface area contributed by atoms with E-state index in [-0.39, 0.29) is 4.90 Å². The Balaban J connectivity index is 2.04. The second kappa shape index (κ2) is 7.61. The lowest BCUT2D eigenvalue weighted by Crippen LogP contribution is -2.18. The number of para-hydroxylation sites is 1. The average Bonchev–Trinajstić information content (AvgIpc) is 2.90. The molecule has 1 heterocycles. The van der Waals surface area contributed by atoms with Crippen LogP contribution in [0.3, 0.4) is 0 Å². The number of nitrogens with one attached hydrogen (secondary N) is 1. The highest BCUT2D eigenvalue weighted by Gasteiger charge is 2.17. The molecule has 0 bridgehead atoms. The largest absolute Gasteiger partial charge is 0.347 e. The van der Waals surface area contributed by atoms with E-state index >= 15 is 0 Å². The number of hydrogen-bond donors (Lipinski definition) is 1. The fourth-order valence-corrected chi connectivity index (χ4v) is 4.33. The van der Waals surface area contributed by atoms with Crippen molar-refractivity contribution in [3.8, 4) is 0 Å². The highest BCUT2D eigenvalue weighted by molar-refractivity contribution is 7.89. The molecule has 5 heteroatoms. The number of rotatable bonds is 6. The molecule has 1 aromatic heterocycles. The number of nitrogens with zero attached hydrogens (tertiary/aromatic N) is 1. The van der Waals surface area contributed by atoms with Gasteiger partial charge < -0.3 is 4.57 Å². The van der Waals surface area contributed by atoms with Gasteiger partial charge in [0.15, 0.2) is 0 Å². The summed E-state index contributed by atoms with van der Waals surface area (Å²) in [5, 5.41) is 1.15. The van der Waals surface area contributed by atoms with Gasteiger partial charge in [-0.25, -0.2) is 8.42 Å². The molecule has 0 amide bonds. The summed E-state index contributed by atoms with van der Waals surface area (Å²) in [6.45, 7) is 6.11. The number of allylic oxidation sites excluding steroid dienone is 1. The van der Waals surface area contributed by atoms with Crippen LogP contribution < -0.4 is 4.72 Å². The van der Waals surface area contributed by atoms with E-state index in [9.17, 15) is 8.42 Å². The molecule has 142 valence electrons. The Morgan fingerprint density at radius 3 is 2.41 bits per heavy atom. The SMILES string of the molecule is CCC/C(=C/NS(=O)(=O)c1ccc(C)cc1)c1c(C)n(C)c2ccccc12. The number of hydrogen-bond acceptors (Lipinski definition) is 2. The third kappa shape index (κ3) is 3.78. The Labute approximate surface area is 161 Å². The van der Waals surface area contributed by atoms with E-state index in [2.05, 4.69) is 35.3 Å². The number of aryl methyl sites for hydroxylation is 2. The minimum absolute atomic E-state index is 0.273. The smallest absolute Gasteiger partial charge is 0.261 e. The van der Waals surface area contributed by atoms with Crippen molar-refractivity contribution < 1.29 is 8.42 Å². The van der Waals surface area contributed by atoms with Gasteiger partial charge in [-0.05, 0) is 44.0 Å². The van der Waals surface area contributed by atoms with Gasteiger partial charge in [0.2, 0.25) is 0 Å². The normalized spacial score (nSPS) is 12.5. The predicted molar refractivity (Wildman–Crippen MR) is 112 cm³/mol. The molecule has 27 heavy (non-hydrogen) atoms. The topological polar surface area (TPSA) is 51.1 Å². The maximum Gasteiger partial charge on any atom is 0.261 e. The summed E-state index contributed by atoms with van der Waals surface area (Å²) in [7, 11) is -1.55. The van der Waals surface area contributed by atoms with Crippen molar-refractivity contribution in [3.05, 3.63) is 71.6 Å². The Kier molecular flexibility index (Phi) is 5.42. The Morgan fingerprint density at radius 1 is 1.07 bits per heavy atom. The van der Waals surface area contributed by atoms with E-state index in [1.165, 1.54) is 0 Å². The number of fused-ring (bicyclic) bond motifs is 1. The molecule has 0 radical (unpaired) electrons. The van der Waals surface area contributed by atoms with E-state index < -0.39 is 10.0 Å². The molecule has 3 aromatic rings. The van der Waals surface area contributed by atoms with Crippen molar-refractivity contribution in [2.24, 2.45) is 7.05 Å². The van der Waals surface area contributed by atoms with Crippen LogP contribution in [0.2, 0.25) is 0 Å². The zero-order chi connectivity index (χ0) is 19.6. The molecule has 0 unspecified atom stereocenters. The van der Waals surface area contributed by atoms with Crippen LogP contribution in [-0.2, 0) is 17.1 Å². The Morgan fingerprint density at radius 2 is 1.74 bits per heavy atom. The summed E-state index contributed by atoms with van der Waals surface area (Å²) in [6.07, 6.45) is 3.39. The molecule has 0 aliphatic carbocycles. The molecule has 0 spiro atoms. The number of sulfonamides is 1. The zero-order valence-electron chi connectivity index (χ0n) is 16.3. The average molecular weight is 383 g/mol. The van der Waals surface area contributed by atoms with Gasteiger partial charge in [0, 0.05) is 35.4 Å². The van der Waals surface area contributed by atoms with Crippen LogP contribution in [0, 0.1) is 13.8 Å². The lowest BCUT2D eigenvalue weighted by molar-refractivity contribution is 0.590. The minimum atomic E-state index is -3.59. The molecule has 3 rings (SSSR count). The molecule has 0 atom stereocenters. The summed E-state index contributed by atoms with van der Waals surface area (Å²) in [4.78, 5) is 0.273. The van der Waals surface area contributed by atoms with Gasteiger partial charge >= 0.3 is 0 Å². The third-order valence-corrected chi connectivity index (χ3v) is 6.28. The molecule has 0 fully saturated rings. The number of benzene rings is 2. The standard InChI is InChI=1S/C22H26N2O2S/c1-5-8-18(15-23-27(25,26)19-13-11-16(2)12-14-19)22-17(3)24(4)21-10-7-6-9-20(21)22/h6-7,9-15,23H,5,8H2,1-4H3/b18-15-. The highest BCUT2D eigenvalue weighted by Crippen LogP contribution is 2.32.